The van der Waals surface area contributed by atoms with Gasteiger partial charge in [0, 0.05) is 33.7 Å². The van der Waals surface area contributed by atoms with Crippen molar-refractivity contribution < 1.29 is 14.1 Å². The van der Waals surface area contributed by atoms with Gasteiger partial charge in [-0.05, 0) is 62.4 Å². The molecule has 1 saturated carbocycles. The molecular weight excluding hydrogens is 438 g/mol. The lowest BCUT2D eigenvalue weighted by Crippen LogP contribution is -2.26. The molecule has 1 heterocycles. The monoisotopic (exact) mass is 465 g/mol. The van der Waals surface area contributed by atoms with Crippen LogP contribution < -0.4 is 10.1 Å². The summed E-state index contributed by atoms with van der Waals surface area (Å²) in [6.07, 6.45) is 7.30. The van der Waals surface area contributed by atoms with Gasteiger partial charge in [-0.2, -0.15) is 9.62 Å². The number of rotatable bonds is 5. The highest BCUT2D eigenvalue weighted by Crippen LogP contribution is 2.35. The normalized spacial score (nSPS) is 18.5. The zero-order valence-corrected chi connectivity index (χ0v) is 19.7. The summed E-state index contributed by atoms with van der Waals surface area (Å²) in [5, 5.41) is 23.3. The Hall–Kier alpha value is -3.22. The largest absolute Gasteiger partial charge is 0.488 e. The smallest absolute Gasteiger partial charge is 0.144 e. The van der Waals surface area contributed by atoms with Crippen LogP contribution in [0.4, 0.5) is 17.2 Å². The zero-order valence-electron chi connectivity index (χ0n) is 18.9. The molecule has 0 amide bonds. The molecule has 0 spiro atoms. The average molecular weight is 466 g/mol. The van der Waals surface area contributed by atoms with Crippen molar-refractivity contribution in [3.8, 4) is 11.8 Å². The molecule has 1 fully saturated rings. The Morgan fingerprint density at radius 3 is 2.64 bits per heavy atom. The Balaban J connectivity index is 1.71. The number of nitrogens with one attached hydrogen (secondary N) is 1. The predicted octanol–water partition coefficient (Wildman–Crippen LogP) is 4.59. The molecule has 2 N–H and O–H groups in total. The van der Waals surface area contributed by atoms with Gasteiger partial charge in [-0.1, -0.05) is 0 Å². The van der Waals surface area contributed by atoms with Crippen molar-refractivity contribution in [2.24, 2.45) is 4.36 Å². The minimum atomic E-state index is -2.29. The molecular formula is C24H27N5O3S. The number of nitrogens with zero attached hydrogens (tertiary/aromatic N) is 4. The molecule has 172 valence electrons. The summed E-state index contributed by atoms with van der Waals surface area (Å²) in [5.74, 6) is 1.18. The topological polar surface area (TPSA) is 120 Å². The zero-order chi connectivity index (χ0) is 23.6. The summed E-state index contributed by atoms with van der Waals surface area (Å²) in [5.41, 5.74) is 3.40. The molecule has 8 nitrogen and oxygen atoms in total. The molecule has 1 aromatic heterocycles. The van der Waals surface area contributed by atoms with Crippen LogP contribution in [0, 0.1) is 18.3 Å². The molecule has 3 aromatic rings. The molecule has 33 heavy (non-hydrogen) atoms. The molecule has 2 aromatic carbocycles. The van der Waals surface area contributed by atoms with E-state index in [0.717, 1.165) is 23.8 Å². The van der Waals surface area contributed by atoms with E-state index in [2.05, 4.69) is 25.7 Å². The first-order chi connectivity index (χ1) is 15.7. The van der Waals surface area contributed by atoms with E-state index in [1.807, 2.05) is 19.1 Å². The van der Waals surface area contributed by atoms with Gasteiger partial charge in [0.1, 0.15) is 17.9 Å². The highest BCUT2D eigenvalue weighted by atomic mass is 32.2. The lowest BCUT2D eigenvalue weighted by Gasteiger charge is -2.27. The molecule has 0 atom stereocenters. The first-order valence-electron chi connectivity index (χ1n) is 10.8. The number of hydrogen-bond acceptors (Lipinski definition) is 8. The van der Waals surface area contributed by atoms with E-state index >= 15 is 0 Å². The predicted molar refractivity (Wildman–Crippen MR) is 130 cm³/mol. The van der Waals surface area contributed by atoms with Gasteiger partial charge in [-0.25, -0.2) is 14.2 Å². The van der Waals surface area contributed by atoms with Gasteiger partial charge in [-0.3, -0.25) is 0 Å². The van der Waals surface area contributed by atoms with Gasteiger partial charge in [0.15, 0.2) is 0 Å². The second-order valence-electron chi connectivity index (χ2n) is 8.65. The maximum absolute atomic E-state index is 12.1. The molecule has 0 bridgehead atoms. The SMILES string of the molecule is Cc1cc(N=S(C)(C)=O)cc2ncnc(Nc3ccc(C#N)cc3O[C@H]3CC[C@H](O)CC3)c12. The molecule has 0 saturated heterocycles. The van der Waals surface area contributed by atoms with Crippen molar-refractivity contribution in [1.82, 2.24) is 9.97 Å². The Labute approximate surface area is 193 Å². The van der Waals surface area contributed by atoms with Crippen LogP contribution in [0.15, 0.2) is 41.0 Å². The number of nitriles is 1. The quantitative estimate of drug-likeness (QED) is 0.565. The van der Waals surface area contributed by atoms with E-state index in [9.17, 15) is 14.6 Å². The fraction of sp³-hybridized carbons (Fsp3) is 0.375. The van der Waals surface area contributed by atoms with Crippen LogP contribution in [-0.2, 0) is 9.73 Å². The van der Waals surface area contributed by atoms with Crippen molar-refractivity contribution in [1.29, 1.82) is 5.26 Å². The number of aryl methyl sites for hydroxylation is 1. The minimum absolute atomic E-state index is 0.0195. The Morgan fingerprint density at radius 2 is 1.94 bits per heavy atom. The summed E-state index contributed by atoms with van der Waals surface area (Å²) in [7, 11) is -2.29. The second kappa shape index (κ2) is 9.33. The summed E-state index contributed by atoms with van der Waals surface area (Å²) >= 11 is 0. The van der Waals surface area contributed by atoms with Gasteiger partial charge in [-0.15, -0.1) is 0 Å². The third-order valence-electron chi connectivity index (χ3n) is 5.55. The third kappa shape index (κ3) is 5.59. The van der Waals surface area contributed by atoms with Crippen LogP contribution in [0.2, 0.25) is 0 Å². The van der Waals surface area contributed by atoms with Crippen LogP contribution in [0.3, 0.4) is 0 Å². The van der Waals surface area contributed by atoms with Crippen molar-refractivity contribution in [3.05, 3.63) is 47.8 Å². The Morgan fingerprint density at radius 1 is 1.18 bits per heavy atom. The van der Waals surface area contributed by atoms with Gasteiger partial charge in [0.25, 0.3) is 0 Å². The standard InChI is InChI=1S/C24H27N5O3S/c1-15-10-17(29-33(2,3)31)12-21-23(15)24(27-14-26-21)28-20-9-4-16(13-25)11-22(20)32-19-7-5-18(30)6-8-19/h4,9-12,14,18-19,30H,5-8H2,1-3H3,(H,26,27,28)/t18-,19-. The van der Waals surface area contributed by atoms with E-state index in [0.29, 0.717) is 46.9 Å². The van der Waals surface area contributed by atoms with E-state index in [4.69, 9.17) is 4.74 Å². The summed E-state index contributed by atoms with van der Waals surface area (Å²) < 4.78 is 22.7. The van der Waals surface area contributed by atoms with Gasteiger partial charge < -0.3 is 15.2 Å². The van der Waals surface area contributed by atoms with Crippen LogP contribution in [0.1, 0.15) is 36.8 Å². The highest BCUT2D eigenvalue weighted by molar-refractivity contribution is 7.92. The van der Waals surface area contributed by atoms with Crippen molar-refractivity contribution >= 4 is 37.8 Å². The molecule has 4 rings (SSSR count). The van der Waals surface area contributed by atoms with E-state index < -0.39 is 9.73 Å². The Bertz CT molecular complexity index is 1340. The van der Waals surface area contributed by atoms with E-state index in [-0.39, 0.29) is 12.2 Å². The van der Waals surface area contributed by atoms with Gasteiger partial charge in [0.05, 0.1) is 40.7 Å². The number of ether oxygens (including phenoxy) is 1. The maximum Gasteiger partial charge on any atom is 0.144 e. The van der Waals surface area contributed by atoms with Crippen LogP contribution in [-0.4, -0.2) is 44.0 Å². The Kier molecular flexibility index (Phi) is 6.49. The molecule has 0 radical (unpaired) electrons. The van der Waals surface area contributed by atoms with Gasteiger partial charge >= 0.3 is 0 Å². The number of hydrogen-bond donors (Lipinski definition) is 2. The van der Waals surface area contributed by atoms with E-state index in [1.54, 1.807) is 30.7 Å². The lowest BCUT2D eigenvalue weighted by atomic mass is 9.95. The number of aliphatic hydroxyl groups is 1. The molecule has 1 aliphatic carbocycles. The third-order valence-corrected chi connectivity index (χ3v) is 6.20. The van der Waals surface area contributed by atoms with Crippen LogP contribution >= 0.6 is 0 Å². The first kappa shape index (κ1) is 23.0. The van der Waals surface area contributed by atoms with E-state index in [1.165, 1.54) is 6.33 Å². The molecule has 9 heteroatoms. The summed E-state index contributed by atoms with van der Waals surface area (Å²) in [6.45, 7) is 1.94. The second-order valence-corrected chi connectivity index (χ2v) is 11.2. The van der Waals surface area contributed by atoms with Crippen LogP contribution in [0.25, 0.3) is 10.9 Å². The highest BCUT2D eigenvalue weighted by Gasteiger charge is 2.22. The minimum Gasteiger partial charge on any atom is -0.488 e. The maximum atomic E-state index is 12.1. The number of anilines is 2. The molecule has 1 aliphatic rings. The average Bonchev–Trinajstić information content (AvgIpc) is 2.75. The summed E-state index contributed by atoms with van der Waals surface area (Å²) in [4.78, 5) is 8.83. The first-order valence-corrected chi connectivity index (χ1v) is 13.1. The van der Waals surface area contributed by atoms with Crippen molar-refractivity contribution in [2.45, 2.75) is 44.8 Å². The molecule has 0 aliphatic heterocycles. The van der Waals surface area contributed by atoms with Crippen LogP contribution in [0.5, 0.6) is 5.75 Å². The fourth-order valence-electron chi connectivity index (χ4n) is 4.04. The van der Waals surface area contributed by atoms with Crippen molar-refractivity contribution in [2.75, 3.05) is 17.8 Å². The number of aliphatic hydroxyl groups excluding tert-OH is 1. The molecule has 0 unspecified atom stereocenters. The lowest BCUT2D eigenvalue weighted by molar-refractivity contribution is 0.0669. The van der Waals surface area contributed by atoms with Crippen molar-refractivity contribution in [3.63, 3.8) is 0 Å². The number of aromatic nitrogens is 2. The fourth-order valence-corrected chi connectivity index (χ4v) is 4.65. The van der Waals surface area contributed by atoms with Gasteiger partial charge in [0.2, 0.25) is 0 Å². The summed E-state index contributed by atoms with van der Waals surface area (Å²) in [6, 6.07) is 11.1. The number of benzene rings is 2. The number of fused-ring (bicyclic) bond motifs is 1.